The minimum absolute atomic E-state index is 0.0911. The third kappa shape index (κ3) is 2.51. The molecule has 2 atom stereocenters. The lowest BCUT2D eigenvalue weighted by atomic mass is 9.85. The summed E-state index contributed by atoms with van der Waals surface area (Å²) in [5.41, 5.74) is 4.75. The Morgan fingerprint density at radius 1 is 1.32 bits per heavy atom. The molecule has 1 aromatic rings. The highest BCUT2D eigenvalue weighted by Crippen LogP contribution is 2.68. The van der Waals surface area contributed by atoms with Gasteiger partial charge in [0, 0.05) is 36.7 Å². The molecule has 25 heavy (non-hydrogen) atoms. The van der Waals surface area contributed by atoms with Gasteiger partial charge in [-0.05, 0) is 31.9 Å². The van der Waals surface area contributed by atoms with Crippen molar-refractivity contribution in [1.82, 2.24) is 4.90 Å². The molecule has 2 aliphatic rings. The normalized spacial score (nSPS) is 27.0. The number of hydrogen-bond acceptors (Lipinski definition) is 6. The number of carbonyl (C=O) groups excluding carboxylic acids is 1. The zero-order valence-corrected chi connectivity index (χ0v) is 13.7. The molecule has 3 rings (SSSR count). The minimum Gasteiger partial charge on any atom is -0.465 e. The molecule has 1 saturated heterocycles. The van der Waals surface area contributed by atoms with E-state index in [2.05, 4.69) is 0 Å². The number of esters is 1. The Labute approximate surface area is 143 Å². The van der Waals surface area contributed by atoms with E-state index in [1.165, 1.54) is 29.2 Å². The van der Waals surface area contributed by atoms with Crippen molar-refractivity contribution >= 4 is 17.7 Å². The van der Waals surface area contributed by atoms with Gasteiger partial charge < -0.3 is 20.5 Å². The number of likely N-dealkylation sites (tertiary alicyclic amines) is 1. The standard InChI is InChI=1S/C16H19N3O6/c1-15(12(17)16(15)6-8-18(9-7-16)14(21)22)13(20)25-11-4-2-10(3-5-11)19(23)24/h2-5,12H,6-9,17H2,1H3,(H,21,22). The maximum absolute atomic E-state index is 12.6. The summed E-state index contributed by atoms with van der Waals surface area (Å²) in [6.07, 6.45) is 0.0396. The molecule has 9 nitrogen and oxygen atoms in total. The number of piperidine rings is 1. The van der Waals surface area contributed by atoms with Crippen molar-refractivity contribution < 1.29 is 24.4 Å². The van der Waals surface area contributed by atoms with Crippen molar-refractivity contribution in [2.24, 2.45) is 16.6 Å². The molecule has 0 bridgehead atoms. The highest BCUT2D eigenvalue weighted by molar-refractivity contribution is 5.85. The summed E-state index contributed by atoms with van der Waals surface area (Å²) in [5.74, 6) is -0.272. The Morgan fingerprint density at radius 2 is 1.88 bits per heavy atom. The van der Waals surface area contributed by atoms with Gasteiger partial charge in [0.1, 0.15) is 5.75 Å². The first-order valence-corrected chi connectivity index (χ1v) is 7.92. The van der Waals surface area contributed by atoms with Gasteiger partial charge in [0.25, 0.3) is 5.69 Å². The van der Waals surface area contributed by atoms with Crippen molar-refractivity contribution in [3.8, 4) is 5.75 Å². The van der Waals surface area contributed by atoms with Crippen LogP contribution in [0.5, 0.6) is 5.75 Å². The van der Waals surface area contributed by atoms with Gasteiger partial charge in [-0.15, -0.1) is 0 Å². The van der Waals surface area contributed by atoms with Gasteiger partial charge >= 0.3 is 12.1 Å². The lowest BCUT2D eigenvalue weighted by Crippen LogP contribution is -2.41. The number of nitrogens with two attached hydrogens (primary N) is 1. The van der Waals surface area contributed by atoms with E-state index in [1.54, 1.807) is 6.92 Å². The Bertz CT molecular complexity index is 726. The molecule has 1 heterocycles. The van der Waals surface area contributed by atoms with Gasteiger partial charge in [0.15, 0.2) is 0 Å². The topological polar surface area (TPSA) is 136 Å². The van der Waals surface area contributed by atoms with Gasteiger partial charge in [-0.3, -0.25) is 14.9 Å². The average molecular weight is 349 g/mol. The van der Waals surface area contributed by atoms with Crippen LogP contribution >= 0.6 is 0 Å². The van der Waals surface area contributed by atoms with E-state index in [9.17, 15) is 19.7 Å². The second-order valence-electron chi connectivity index (χ2n) is 6.75. The molecule has 0 aromatic heterocycles. The Kier molecular flexibility index (Phi) is 3.91. The number of nitrogens with zero attached hydrogens (tertiary/aromatic N) is 2. The van der Waals surface area contributed by atoms with Crippen molar-refractivity contribution in [3.63, 3.8) is 0 Å². The summed E-state index contributed by atoms with van der Waals surface area (Å²) in [6.45, 7) is 2.41. The summed E-state index contributed by atoms with van der Waals surface area (Å²) < 4.78 is 5.38. The molecule has 1 amide bonds. The third-order valence-electron chi connectivity index (χ3n) is 5.78. The second-order valence-corrected chi connectivity index (χ2v) is 6.75. The van der Waals surface area contributed by atoms with Crippen LogP contribution in [0.2, 0.25) is 0 Å². The fraction of sp³-hybridized carbons (Fsp3) is 0.500. The van der Waals surface area contributed by atoms with E-state index in [4.69, 9.17) is 15.6 Å². The quantitative estimate of drug-likeness (QED) is 0.366. The number of nitro groups is 1. The predicted molar refractivity (Wildman–Crippen MR) is 86.1 cm³/mol. The predicted octanol–water partition coefficient (Wildman–Crippen LogP) is 1.61. The number of nitro benzene ring substituents is 1. The van der Waals surface area contributed by atoms with Crippen molar-refractivity contribution in [2.45, 2.75) is 25.8 Å². The number of benzene rings is 1. The molecule has 134 valence electrons. The van der Waals surface area contributed by atoms with Crippen LogP contribution in [0.3, 0.4) is 0 Å². The molecule has 1 aromatic carbocycles. The number of amides is 1. The summed E-state index contributed by atoms with van der Waals surface area (Å²) in [6, 6.07) is 4.86. The molecule has 2 fully saturated rings. The molecular formula is C16H19N3O6. The molecule has 3 N–H and O–H groups in total. The molecular weight excluding hydrogens is 330 g/mol. The first kappa shape index (κ1) is 17.2. The van der Waals surface area contributed by atoms with Gasteiger partial charge in [-0.2, -0.15) is 0 Å². The first-order valence-electron chi connectivity index (χ1n) is 7.92. The number of hydrogen-bond donors (Lipinski definition) is 2. The summed E-state index contributed by atoms with van der Waals surface area (Å²) in [4.78, 5) is 35.1. The number of ether oxygens (including phenoxy) is 1. The van der Waals surface area contributed by atoms with Crippen LogP contribution < -0.4 is 10.5 Å². The maximum atomic E-state index is 12.6. The van der Waals surface area contributed by atoms with Crippen LogP contribution in [-0.2, 0) is 4.79 Å². The smallest absolute Gasteiger partial charge is 0.407 e. The van der Waals surface area contributed by atoms with Crippen LogP contribution in [0.4, 0.5) is 10.5 Å². The van der Waals surface area contributed by atoms with Crippen LogP contribution in [0.25, 0.3) is 0 Å². The molecule has 0 radical (unpaired) electrons. The van der Waals surface area contributed by atoms with E-state index in [0.29, 0.717) is 25.9 Å². The van der Waals surface area contributed by atoms with Gasteiger partial charge in [-0.25, -0.2) is 4.79 Å². The van der Waals surface area contributed by atoms with E-state index >= 15 is 0 Å². The molecule has 1 aliphatic heterocycles. The molecule has 1 saturated carbocycles. The number of carbonyl (C=O) groups is 2. The SMILES string of the molecule is CC1(C(=O)Oc2ccc([N+](=O)[O-])cc2)C(N)C12CCN(C(=O)O)CC2. The van der Waals surface area contributed by atoms with Crippen LogP contribution in [0.1, 0.15) is 19.8 Å². The molecule has 1 aliphatic carbocycles. The summed E-state index contributed by atoms with van der Waals surface area (Å²) >= 11 is 0. The van der Waals surface area contributed by atoms with E-state index in [-0.39, 0.29) is 11.4 Å². The highest BCUT2D eigenvalue weighted by atomic mass is 16.6. The molecule has 2 unspecified atom stereocenters. The fourth-order valence-corrected chi connectivity index (χ4v) is 3.91. The van der Waals surface area contributed by atoms with Gasteiger partial charge in [0.05, 0.1) is 10.3 Å². The number of carboxylic acid groups (broad SMARTS) is 1. The Morgan fingerprint density at radius 3 is 2.36 bits per heavy atom. The van der Waals surface area contributed by atoms with Gasteiger partial charge in [-0.1, -0.05) is 0 Å². The molecule has 1 spiro atoms. The van der Waals surface area contributed by atoms with Gasteiger partial charge in [0.2, 0.25) is 0 Å². The van der Waals surface area contributed by atoms with Crippen molar-refractivity contribution in [2.75, 3.05) is 13.1 Å². The zero-order valence-electron chi connectivity index (χ0n) is 13.7. The fourth-order valence-electron chi connectivity index (χ4n) is 3.91. The number of non-ortho nitro benzene ring substituents is 1. The Balaban J connectivity index is 1.70. The average Bonchev–Trinajstić information content (AvgIpc) is 3.04. The van der Waals surface area contributed by atoms with E-state index in [0.717, 1.165) is 0 Å². The lowest BCUT2D eigenvalue weighted by Gasteiger charge is -2.32. The lowest BCUT2D eigenvalue weighted by molar-refractivity contribution is -0.384. The Hall–Kier alpha value is -2.68. The van der Waals surface area contributed by atoms with E-state index in [1.807, 2.05) is 0 Å². The highest BCUT2D eigenvalue weighted by Gasteiger charge is 2.77. The zero-order chi connectivity index (χ0) is 18.4. The van der Waals surface area contributed by atoms with Crippen molar-refractivity contribution in [3.05, 3.63) is 34.4 Å². The summed E-state index contributed by atoms with van der Waals surface area (Å²) in [7, 11) is 0. The van der Waals surface area contributed by atoms with Crippen LogP contribution in [0.15, 0.2) is 24.3 Å². The molecule has 9 heteroatoms. The maximum Gasteiger partial charge on any atom is 0.407 e. The summed E-state index contributed by atoms with van der Waals surface area (Å²) in [5, 5.41) is 19.7. The number of rotatable bonds is 3. The first-order chi connectivity index (χ1) is 11.7. The van der Waals surface area contributed by atoms with Crippen LogP contribution in [0, 0.1) is 20.9 Å². The largest absolute Gasteiger partial charge is 0.465 e. The van der Waals surface area contributed by atoms with E-state index < -0.39 is 33.9 Å². The third-order valence-corrected chi connectivity index (χ3v) is 5.78. The van der Waals surface area contributed by atoms with Crippen molar-refractivity contribution in [1.29, 1.82) is 0 Å². The monoisotopic (exact) mass is 349 g/mol. The second kappa shape index (κ2) is 5.69. The minimum atomic E-state index is -0.973. The van der Waals surface area contributed by atoms with Crippen LogP contribution in [-0.4, -0.2) is 46.1 Å².